The van der Waals surface area contributed by atoms with E-state index in [2.05, 4.69) is 15.9 Å². The van der Waals surface area contributed by atoms with Crippen LogP contribution in [-0.2, 0) is 14.4 Å². The molecule has 36 heavy (non-hydrogen) atoms. The van der Waals surface area contributed by atoms with Crippen molar-refractivity contribution in [2.24, 2.45) is 5.92 Å². The first-order chi connectivity index (χ1) is 17.4. The highest BCUT2D eigenvalue weighted by atomic mass is 79.9. The molecule has 0 unspecified atom stereocenters. The van der Waals surface area contributed by atoms with Crippen LogP contribution in [-0.4, -0.2) is 17.9 Å². The molecule has 9 heteroatoms. The third-order valence-corrected chi connectivity index (χ3v) is 7.40. The summed E-state index contributed by atoms with van der Waals surface area (Å²) in [6.45, 7) is 0. The van der Waals surface area contributed by atoms with Gasteiger partial charge in [0.2, 0.25) is 5.91 Å². The number of anilines is 2. The van der Waals surface area contributed by atoms with Crippen molar-refractivity contribution in [2.75, 3.05) is 9.96 Å². The second-order valence-electron chi connectivity index (χ2n) is 8.47. The average Bonchev–Trinajstić information content (AvgIpc) is 3.56. The molecule has 0 bridgehead atoms. The summed E-state index contributed by atoms with van der Waals surface area (Å²) < 4.78 is 7.08. The number of carbonyl (C=O) groups is 2. The number of hydroxylamine groups is 1. The van der Waals surface area contributed by atoms with Crippen LogP contribution < -0.4 is 9.96 Å². The van der Waals surface area contributed by atoms with E-state index in [1.807, 2.05) is 30.3 Å². The highest BCUT2D eigenvalue weighted by Crippen LogP contribution is 2.48. The third kappa shape index (κ3) is 3.83. The van der Waals surface area contributed by atoms with Crippen molar-refractivity contribution in [3.8, 4) is 11.3 Å². The van der Waals surface area contributed by atoms with Gasteiger partial charge in [-0.2, -0.15) is 0 Å². The van der Waals surface area contributed by atoms with E-state index in [0.29, 0.717) is 38.5 Å². The largest absolute Gasteiger partial charge is 0.459 e. The fraction of sp³-hybridized carbons (Fsp3) is 0.111. The second kappa shape index (κ2) is 9.09. The van der Waals surface area contributed by atoms with Crippen molar-refractivity contribution in [1.29, 1.82) is 0 Å². The number of furan rings is 1. The fourth-order valence-electron chi connectivity index (χ4n) is 4.69. The summed E-state index contributed by atoms with van der Waals surface area (Å²) in [7, 11) is 0. The molecule has 0 spiro atoms. The van der Waals surface area contributed by atoms with E-state index in [-0.39, 0.29) is 5.91 Å². The molecular weight excluding hydrogens is 567 g/mol. The van der Waals surface area contributed by atoms with E-state index in [1.54, 1.807) is 59.7 Å². The van der Waals surface area contributed by atoms with Crippen molar-refractivity contribution < 1.29 is 18.8 Å². The number of rotatable bonds is 4. The fourth-order valence-corrected chi connectivity index (χ4v) is 5.46. The smallest absolute Gasteiger partial charge is 0.266 e. The Bertz CT molecular complexity index is 1470. The average molecular weight is 584 g/mol. The van der Waals surface area contributed by atoms with Crippen LogP contribution in [0.2, 0.25) is 10.0 Å². The van der Waals surface area contributed by atoms with E-state index in [1.165, 1.54) is 4.90 Å². The van der Waals surface area contributed by atoms with Gasteiger partial charge in [0.15, 0.2) is 6.10 Å². The number of carbonyl (C=O) groups excluding carboxylic acids is 2. The summed E-state index contributed by atoms with van der Waals surface area (Å²) in [6.07, 6.45) is -0.987. The van der Waals surface area contributed by atoms with Crippen molar-refractivity contribution in [2.45, 2.75) is 12.1 Å². The van der Waals surface area contributed by atoms with Gasteiger partial charge in [-0.25, -0.2) is 9.96 Å². The molecule has 1 aromatic heterocycles. The van der Waals surface area contributed by atoms with Gasteiger partial charge in [0, 0.05) is 15.1 Å². The quantitative estimate of drug-likeness (QED) is 0.240. The number of hydrogen-bond acceptors (Lipinski definition) is 5. The Kier molecular flexibility index (Phi) is 5.88. The van der Waals surface area contributed by atoms with Crippen LogP contribution in [0, 0.1) is 5.92 Å². The van der Waals surface area contributed by atoms with Crippen LogP contribution >= 0.6 is 39.1 Å². The van der Waals surface area contributed by atoms with E-state index in [4.69, 9.17) is 32.5 Å². The maximum absolute atomic E-state index is 13.7. The van der Waals surface area contributed by atoms with Gasteiger partial charge in [0.25, 0.3) is 5.91 Å². The van der Waals surface area contributed by atoms with Gasteiger partial charge in [-0.15, -0.1) is 0 Å². The topological polar surface area (TPSA) is 63.0 Å². The number of amides is 2. The first kappa shape index (κ1) is 23.3. The van der Waals surface area contributed by atoms with Crippen LogP contribution in [0.1, 0.15) is 11.8 Å². The minimum absolute atomic E-state index is 0.349. The lowest BCUT2D eigenvalue weighted by Gasteiger charge is -2.27. The maximum atomic E-state index is 13.7. The summed E-state index contributed by atoms with van der Waals surface area (Å²) in [4.78, 5) is 34.5. The predicted molar refractivity (Wildman–Crippen MR) is 141 cm³/mol. The Morgan fingerprint density at radius 2 is 1.56 bits per heavy atom. The standard InChI is InChI=1S/C27H17BrCl2N2O4/c28-15-6-9-17(10-7-15)31-26(33)23-24(32(36-25(23)27(31)34)18-4-2-1-3-5-18)22-13-12-21(35-22)19-11-8-16(29)14-20(19)30/h1-14,23-25H/t23-,24+,25-/m1/s1. The molecule has 0 radical (unpaired) electrons. The lowest BCUT2D eigenvalue weighted by Crippen LogP contribution is -2.37. The van der Waals surface area contributed by atoms with Gasteiger partial charge in [-0.05, 0) is 66.7 Å². The van der Waals surface area contributed by atoms with Crippen molar-refractivity contribution in [1.82, 2.24) is 0 Å². The van der Waals surface area contributed by atoms with Crippen molar-refractivity contribution in [3.05, 3.63) is 105 Å². The molecule has 2 aliphatic rings. The molecule has 6 nitrogen and oxygen atoms in total. The number of para-hydroxylation sites is 1. The normalized spacial score (nSPS) is 21.4. The van der Waals surface area contributed by atoms with E-state index >= 15 is 0 Å². The molecule has 3 atom stereocenters. The summed E-state index contributed by atoms with van der Waals surface area (Å²) in [5, 5.41) is 2.55. The number of hydrogen-bond donors (Lipinski definition) is 0. The monoisotopic (exact) mass is 582 g/mol. The lowest BCUT2D eigenvalue weighted by molar-refractivity contribution is -0.126. The molecule has 180 valence electrons. The Balaban J connectivity index is 1.42. The van der Waals surface area contributed by atoms with Gasteiger partial charge in [-0.1, -0.05) is 57.3 Å². The zero-order valence-corrected chi connectivity index (χ0v) is 21.6. The molecule has 0 N–H and O–H groups in total. The number of imide groups is 1. The maximum Gasteiger partial charge on any atom is 0.266 e. The highest BCUT2D eigenvalue weighted by Gasteiger charge is 2.61. The summed E-state index contributed by atoms with van der Waals surface area (Å²) in [6, 6.07) is 24.4. The molecule has 3 aromatic carbocycles. The zero-order chi connectivity index (χ0) is 25.0. The molecule has 3 heterocycles. The van der Waals surface area contributed by atoms with Crippen LogP contribution in [0.3, 0.4) is 0 Å². The molecule has 2 saturated heterocycles. The van der Waals surface area contributed by atoms with Gasteiger partial charge in [0.05, 0.1) is 16.4 Å². The minimum Gasteiger partial charge on any atom is -0.459 e. The van der Waals surface area contributed by atoms with Crippen LogP contribution in [0.25, 0.3) is 11.3 Å². The molecule has 0 aliphatic carbocycles. The predicted octanol–water partition coefficient (Wildman–Crippen LogP) is 7.07. The summed E-state index contributed by atoms with van der Waals surface area (Å²) >= 11 is 15.8. The van der Waals surface area contributed by atoms with E-state index in [9.17, 15) is 9.59 Å². The lowest BCUT2D eigenvalue weighted by atomic mass is 9.94. The number of halogens is 3. The van der Waals surface area contributed by atoms with Crippen LogP contribution in [0.5, 0.6) is 0 Å². The van der Waals surface area contributed by atoms with E-state index < -0.39 is 24.0 Å². The Labute approximate surface area is 225 Å². The Hall–Kier alpha value is -3.10. The van der Waals surface area contributed by atoms with Gasteiger partial charge < -0.3 is 4.42 Å². The molecular formula is C27H17BrCl2N2O4. The molecule has 0 saturated carbocycles. The second-order valence-corrected chi connectivity index (χ2v) is 10.2. The van der Waals surface area contributed by atoms with Crippen molar-refractivity contribution >= 4 is 62.3 Å². The number of fused-ring (bicyclic) bond motifs is 1. The number of nitrogens with zero attached hydrogens (tertiary/aromatic N) is 2. The zero-order valence-electron chi connectivity index (χ0n) is 18.5. The molecule has 2 aliphatic heterocycles. The molecule has 4 aromatic rings. The first-order valence-corrected chi connectivity index (χ1v) is 12.7. The number of benzene rings is 3. The van der Waals surface area contributed by atoms with Crippen LogP contribution in [0.4, 0.5) is 11.4 Å². The Morgan fingerprint density at radius 3 is 2.28 bits per heavy atom. The van der Waals surface area contributed by atoms with Gasteiger partial charge in [-0.3, -0.25) is 14.4 Å². The van der Waals surface area contributed by atoms with Gasteiger partial charge >= 0.3 is 0 Å². The van der Waals surface area contributed by atoms with E-state index in [0.717, 1.165) is 4.47 Å². The highest BCUT2D eigenvalue weighted by molar-refractivity contribution is 9.10. The SMILES string of the molecule is O=C1[C@H]2[C@@H](ON(c3ccccc3)[C@H]2c2ccc(-c3ccc(Cl)cc3Cl)o2)C(=O)N1c1ccc(Br)cc1. The first-order valence-electron chi connectivity index (χ1n) is 11.1. The molecule has 6 rings (SSSR count). The third-order valence-electron chi connectivity index (χ3n) is 6.33. The van der Waals surface area contributed by atoms with Gasteiger partial charge in [0.1, 0.15) is 23.5 Å². The van der Waals surface area contributed by atoms with Crippen molar-refractivity contribution in [3.63, 3.8) is 0 Å². The Morgan fingerprint density at radius 1 is 0.806 bits per heavy atom. The molecule has 2 amide bonds. The van der Waals surface area contributed by atoms with Crippen LogP contribution in [0.15, 0.2) is 93.8 Å². The summed E-state index contributed by atoms with van der Waals surface area (Å²) in [5.74, 6) is -0.571. The molecule has 2 fully saturated rings. The summed E-state index contributed by atoms with van der Waals surface area (Å²) in [5.41, 5.74) is 1.86. The minimum atomic E-state index is -0.987.